The molecule has 2 aromatic rings. The maximum atomic E-state index is 11.5. The Hall–Kier alpha value is -2.57. The van der Waals surface area contributed by atoms with Crippen molar-refractivity contribution in [3.8, 4) is 5.75 Å². The third-order valence-electron chi connectivity index (χ3n) is 2.31. The summed E-state index contributed by atoms with van der Waals surface area (Å²) in [6, 6.07) is 6.91. The van der Waals surface area contributed by atoms with E-state index in [1.165, 1.54) is 6.39 Å². The molecule has 1 amide bonds. The van der Waals surface area contributed by atoms with Crippen LogP contribution in [-0.4, -0.2) is 29.2 Å². The van der Waals surface area contributed by atoms with E-state index in [0.717, 1.165) is 0 Å². The minimum atomic E-state index is -0.217. The van der Waals surface area contributed by atoms with Gasteiger partial charge in [-0.2, -0.15) is 4.98 Å². The van der Waals surface area contributed by atoms with Crippen LogP contribution in [0.4, 0.5) is 5.69 Å². The van der Waals surface area contributed by atoms with E-state index < -0.39 is 0 Å². The molecule has 2 rings (SSSR count). The zero-order chi connectivity index (χ0) is 13.5. The Kier molecular flexibility index (Phi) is 4.33. The second-order valence-corrected chi connectivity index (χ2v) is 3.81. The van der Waals surface area contributed by atoms with Crippen LogP contribution in [0.2, 0.25) is 0 Å². The molecule has 1 aromatic carbocycles. The third-order valence-corrected chi connectivity index (χ3v) is 2.31. The van der Waals surface area contributed by atoms with Gasteiger partial charge < -0.3 is 20.3 Å². The van der Waals surface area contributed by atoms with Gasteiger partial charge in [0.25, 0.3) is 5.91 Å². The van der Waals surface area contributed by atoms with E-state index in [-0.39, 0.29) is 12.5 Å². The van der Waals surface area contributed by atoms with Gasteiger partial charge in [0.1, 0.15) is 5.75 Å². The average molecular weight is 262 g/mol. The van der Waals surface area contributed by atoms with Gasteiger partial charge in [-0.3, -0.25) is 4.79 Å². The first-order valence-electron chi connectivity index (χ1n) is 5.74. The van der Waals surface area contributed by atoms with Crippen molar-refractivity contribution >= 4 is 11.6 Å². The van der Waals surface area contributed by atoms with E-state index in [9.17, 15) is 4.79 Å². The van der Waals surface area contributed by atoms with Crippen molar-refractivity contribution in [3.05, 3.63) is 36.5 Å². The van der Waals surface area contributed by atoms with Crippen molar-refractivity contribution < 1.29 is 14.1 Å². The second kappa shape index (κ2) is 6.39. The number of rotatable bonds is 6. The van der Waals surface area contributed by atoms with Gasteiger partial charge in [-0.15, -0.1) is 0 Å². The van der Waals surface area contributed by atoms with Gasteiger partial charge in [-0.1, -0.05) is 11.2 Å². The van der Waals surface area contributed by atoms with Crippen molar-refractivity contribution in [3.63, 3.8) is 0 Å². The molecule has 1 heterocycles. The molecule has 0 aliphatic heterocycles. The lowest BCUT2D eigenvalue weighted by atomic mass is 10.3. The van der Waals surface area contributed by atoms with Crippen molar-refractivity contribution in [1.29, 1.82) is 0 Å². The highest BCUT2D eigenvalue weighted by Crippen LogP contribution is 2.13. The molecule has 19 heavy (non-hydrogen) atoms. The lowest BCUT2D eigenvalue weighted by Crippen LogP contribution is -2.30. The monoisotopic (exact) mass is 262 g/mol. The summed E-state index contributed by atoms with van der Waals surface area (Å²) in [5.74, 6) is 0.899. The molecule has 0 atom stereocenters. The van der Waals surface area contributed by atoms with Gasteiger partial charge >= 0.3 is 0 Å². The van der Waals surface area contributed by atoms with Crippen LogP contribution in [-0.2, 0) is 11.2 Å². The minimum absolute atomic E-state index is 0.0598. The Morgan fingerprint density at radius 3 is 3.11 bits per heavy atom. The topological polar surface area (TPSA) is 103 Å². The number of carbonyl (C=O) groups is 1. The van der Waals surface area contributed by atoms with Gasteiger partial charge in [0.15, 0.2) is 12.4 Å². The highest BCUT2D eigenvalue weighted by atomic mass is 16.5. The lowest BCUT2D eigenvalue weighted by molar-refractivity contribution is -0.123. The predicted molar refractivity (Wildman–Crippen MR) is 67.4 cm³/mol. The largest absolute Gasteiger partial charge is 0.484 e. The van der Waals surface area contributed by atoms with E-state index in [2.05, 4.69) is 20.0 Å². The highest BCUT2D eigenvalue weighted by molar-refractivity contribution is 5.77. The molecule has 3 N–H and O–H groups in total. The number of aromatic nitrogens is 2. The van der Waals surface area contributed by atoms with E-state index in [0.29, 0.717) is 30.2 Å². The molecule has 0 bridgehead atoms. The van der Waals surface area contributed by atoms with Crippen LogP contribution in [0.5, 0.6) is 5.75 Å². The highest BCUT2D eigenvalue weighted by Gasteiger charge is 2.04. The number of nitrogen functional groups attached to an aromatic ring is 1. The number of nitrogens with two attached hydrogens (primary N) is 1. The molecule has 0 unspecified atom stereocenters. The SMILES string of the molecule is Nc1cccc(OCC(=O)NCCc2ncon2)c1. The zero-order valence-corrected chi connectivity index (χ0v) is 10.2. The number of amides is 1. The van der Waals surface area contributed by atoms with Crippen molar-refractivity contribution in [2.75, 3.05) is 18.9 Å². The quantitative estimate of drug-likeness (QED) is 0.730. The number of nitrogens with one attached hydrogen (secondary N) is 1. The van der Waals surface area contributed by atoms with Crippen LogP contribution < -0.4 is 15.8 Å². The third kappa shape index (κ3) is 4.30. The number of benzene rings is 1. The summed E-state index contributed by atoms with van der Waals surface area (Å²) in [4.78, 5) is 15.3. The van der Waals surface area contributed by atoms with Crippen LogP contribution in [0.15, 0.2) is 35.2 Å². The lowest BCUT2D eigenvalue weighted by Gasteiger charge is -2.07. The van der Waals surface area contributed by atoms with E-state index in [1.807, 2.05) is 0 Å². The first-order chi connectivity index (χ1) is 9.24. The predicted octanol–water partition coefficient (Wildman–Crippen LogP) is 0.389. The Morgan fingerprint density at radius 2 is 2.37 bits per heavy atom. The molecule has 1 aromatic heterocycles. The minimum Gasteiger partial charge on any atom is -0.484 e. The van der Waals surface area contributed by atoms with Gasteiger partial charge in [0.05, 0.1) is 0 Å². The fourth-order valence-electron chi connectivity index (χ4n) is 1.42. The summed E-state index contributed by atoms with van der Waals surface area (Å²) in [6.07, 6.45) is 1.76. The molecule has 7 nitrogen and oxygen atoms in total. The van der Waals surface area contributed by atoms with Crippen LogP contribution in [0.1, 0.15) is 5.82 Å². The van der Waals surface area contributed by atoms with Crippen LogP contribution >= 0.6 is 0 Å². The summed E-state index contributed by atoms with van der Waals surface area (Å²) in [6.45, 7) is 0.369. The summed E-state index contributed by atoms with van der Waals surface area (Å²) in [7, 11) is 0. The van der Waals surface area contributed by atoms with E-state index in [4.69, 9.17) is 10.5 Å². The first-order valence-corrected chi connectivity index (χ1v) is 5.74. The average Bonchev–Trinajstić information content (AvgIpc) is 2.90. The summed E-state index contributed by atoms with van der Waals surface area (Å²) < 4.78 is 9.87. The maximum absolute atomic E-state index is 11.5. The number of nitrogens with zero attached hydrogens (tertiary/aromatic N) is 2. The molecule has 0 aliphatic rings. The van der Waals surface area contributed by atoms with Gasteiger partial charge in [0, 0.05) is 24.7 Å². The number of carbonyl (C=O) groups excluding carboxylic acids is 1. The Labute approximate surface area is 109 Å². The Bertz CT molecular complexity index is 528. The van der Waals surface area contributed by atoms with Gasteiger partial charge in [0.2, 0.25) is 6.39 Å². The maximum Gasteiger partial charge on any atom is 0.257 e. The molecule has 0 radical (unpaired) electrons. The Balaban J connectivity index is 1.67. The molecular weight excluding hydrogens is 248 g/mol. The van der Waals surface area contributed by atoms with Crippen molar-refractivity contribution in [1.82, 2.24) is 15.5 Å². The number of anilines is 1. The van der Waals surface area contributed by atoms with Gasteiger partial charge in [-0.25, -0.2) is 0 Å². The van der Waals surface area contributed by atoms with E-state index >= 15 is 0 Å². The smallest absolute Gasteiger partial charge is 0.257 e. The second-order valence-electron chi connectivity index (χ2n) is 3.81. The van der Waals surface area contributed by atoms with Crippen LogP contribution in [0.25, 0.3) is 0 Å². The molecular formula is C12H14N4O3. The molecule has 0 aliphatic carbocycles. The number of hydrogen-bond acceptors (Lipinski definition) is 6. The summed E-state index contributed by atoms with van der Waals surface area (Å²) >= 11 is 0. The molecule has 0 saturated heterocycles. The molecule has 0 fully saturated rings. The molecule has 0 saturated carbocycles. The van der Waals surface area contributed by atoms with Crippen molar-refractivity contribution in [2.24, 2.45) is 0 Å². The summed E-state index contributed by atoms with van der Waals surface area (Å²) in [5.41, 5.74) is 6.19. The Morgan fingerprint density at radius 1 is 1.47 bits per heavy atom. The van der Waals surface area contributed by atoms with E-state index in [1.54, 1.807) is 24.3 Å². The fraction of sp³-hybridized carbons (Fsp3) is 0.250. The summed E-state index contributed by atoms with van der Waals surface area (Å²) in [5, 5.41) is 6.32. The first kappa shape index (κ1) is 12.9. The number of ether oxygens (including phenoxy) is 1. The molecule has 7 heteroatoms. The zero-order valence-electron chi connectivity index (χ0n) is 10.2. The van der Waals surface area contributed by atoms with Crippen LogP contribution in [0.3, 0.4) is 0 Å². The normalized spacial score (nSPS) is 10.1. The molecule has 0 spiro atoms. The standard InChI is InChI=1S/C12H14N4O3/c13-9-2-1-3-10(6-9)18-7-12(17)14-5-4-11-15-8-19-16-11/h1-3,6,8H,4-5,7,13H2,(H,14,17). The fourth-order valence-corrected chi connectivity index (χ4v) is 1.42. The van der Waals surface area contributed by atoms with Crippen molar-refractivity contribution in [2.45, 2.75) is 6.42 Å². The molecule has 100 valence electrons. The van der Waals surface area contributed by atoms with Crippen LogP contribution in [0, 0.1) is 0 Å². The number of hydrogen-bond donors (Lipinski definition) is 2. The van der Waals surface area contributed by atoms with Gasteiger partial charge in [-0.05, 0) is 12.1 Å².